The maximum atomic E-state index is 10.5. The molecule has 0 spiro atoms. The highest BCUT2D eigenvalue weighted by Gasteiger charge is 2.08. The van der Waals surface area contributed by atoms with Gasteiger partial charge in [0.25, 0.3) is 0 Å². The molecule has 2 heterocycles. The molecule has 6 heteroatoms. The number of thiazole rings is 2. The van der Waals surface area contributed by atoms with Crippen molar-refractivity contribution in [1.29, 1.82) is 0 Å². The van der Waals surface area contributed by atoms with Gasteiger partial charge < -0.3 is 5.11 Å². The molecule has 0 aromatic carbocycles. The zero-order valence-electron chi connectivity index (χ0n) is 8.64. The first-order valence-corrected chi connectivity index (χ1v) is 6.45. The highest BCUT2D eigenvalue weighted by molar-refractivity contribution is 7.10. The largest absolute Gasteiger partial charge is 0.481 e. The SMILES string of the molecule is Cc1nc(Cc2nc(CC(=O)O)cs2)cs1. The van der Waals surface area contributed by atoms with Crippen LogP contribution in [0.5, 0.6) is 0 Å². The third-order valence-corrected chi connectivity index (χ3v) is 3.65. The second-order valence-electron chi connectivity index (χ2n) is 3.34. The van der Waals surface area contributed by atoms with Crippen LogP contribution in [0, 0.1) is 6.92 Å². The molecule has 2 aromatic heterocycles. The van der Waals surface area contributed by atoms with E-state index in [1.807, 2.05) is 12.3 Å². The van der Waals surface area contributed by atoms with Gasteiger partial charge in [-0.2, -0.15) is 0 Å². The zero-order chi connectivity index (χ0) is 11.5. The fraction of sp³-hybridized carbons (Fsp3) is 0.300. The van der Waals surface area contributed by atoms with Crippen molar-refractivity contribution >= 4 is 28.6 Å². The van der Waals surface area contributed by atoms with Crippen LogP contribution >= 0.6 is 22.7 Å². The summed E-state index contributed by atoms with van der Waals surface area (Å²) in [5.41, 5.74) is 1.62. The topological polar surface area (TPSA) is 63.1 Å². The van der Waals surface area contributed by atoms with Crippen molar-refractivity contribution in [3.8, 4) is 0 Å². The molecule has 0 atom stereocenters. The normalized spacial score (nSPS) is 10.6. The molecule has 16 heavy (non-hydrogen) atoms. The molecule has 1 N–H and O–H groups in total. The Hall–Kier alpha value is -1.27. The predicted molar refractivity (Wildman–Crippen MR) is 63.1 cm³/mol. The first kappa shape index (κ1) is 11.2. The predicted octanol–water partition coefficient (Wildman–Crippen LogP) is 2.13. The Balaban J connectivity index is 2.05. The summed E-state index contributed by atoms with van der Waals surface area (Å²) in [6.45, 7) is 1.96. The lowest BCUT2D eigenvalue weighted by atomic mass is 10.3. The summed E-state index contributed by atoms with van der Waals surface area (Å²) in [4.78, 5) is 19.1. The summed E-state index contributed by atoms with van der Waals surface area (Å²) < 4.78 is 0. The van der Waals surface area contributed by atoms with E-state index in [1.165, 1.54) is 11.3 Å². The molecule has 2 aromatic rings. The average molecular weight is 254 g/mol. The number of aromatic nitrogens is 2. The molecule has 0 amide bonds. The lowest BCUT2D eigenvalue weighted by molar-refractivity contribution is -0.136. The molecule has 0 bridgehead atoms. The summed E-state index contributed by atoms with van der Waals surface area (Å²) in [7, 11) is 0. The lowest BCUT2D eigenvalue weighted by Crippen LogP contribution is -2.00. The van der Waals surface area contributed by atoms with Crippen molar-refractivity contribution in [1.82, 2.24) is 9.97 Å². The van der Waals surface area contributed by atoms with Crippen molar-refractivity contribution in [2.24, 2.45) is 0 Å². The molecule has 84 valence electrons. The lowest BCUT2D eigenvalue weighted by Gasteiger charge is -1.91. The van der Waals surface area contributed by atoms with Gasteiger partial charge in [-0.15, -0.1) is 22.7 Å². The number of aryl methyl sites for hydroxylation is 1. The Bertz CT molecular complexity index is 504. The number of aliphatic carboxylic acids is 1. The van der Waals surface area contributed by atoms with Crippen LogP contribution in [0.1, 0.15) is 21.4 Å². The Kier molecular flexibility index (Phi) is 3.31. The molecule has 0 saturated heterocycles. The summed E-state index contributed by atoms with van der Waals surface area (Å²) in [5.74, 6) is -0.846. The third-order valence-electron chi connectivity index (χ3n) is 1.93. The fourth-order valence-corrected chi connectivity index (χ4v) is 2.73. The molecular weight excluding hydrogens is 244 g/mol. The number of hydrogen-bond acceptors (Lipinski definition) is 5. The summed E-state index contributed by atoms with van der Waals surface area (Å²) in [5, 5.41) is 14.4. The highest BCUT2D eigenvalue weighted by atomic mass is 32.1. The Morgan fingerprint density at radius 1 is 1.31 bits per heavy atom. The standard InChI is InChI=1S/C10H10N2O2S2/c1-6-11-7(4-15-6)2-9-12-8(5-16-9)3-10(13)14/h4-5H,2-3H2,1H3,(H,13,14). The maximum absolute atomic E-state index is 10.5. The van der Waals surface area contributed by atoms with Gasteiger partial charge in [-0.3, -0.25) is 4.79 Å². The van der Waals surface area contributed by atoms with Crippen LogP contribution in [-0.2, 0) is 17.6 Å². The van der Waals surface area contributed by atoms with Crippen molar-refractivity contribution in [2.75, 3.05) is 0 Å². The van der Waals surface area contributed by atoms with Crippen LogP contribution in [0.3, 0.4) is 0 Å². The molecule has 0 aliphatic rings. The van der Waals surface area contributed by atoms with Crippen LogP contribution in [-0.4, -0.2) is 21.0 Å². The summed E-state index contributed by atoms with van der Waals surface area (Å²) in [6, 6.07) is 0. The van der Waals surface area contributed by atoms with Gasteiger partial charge in [0, 0.05) is 17.2 Å². The van der Waals surface area contributed by atoms with Crippen molar-refractivity contribution in [3.05, 3.63) is 32.2 Å². The van der Waals surface area contributed by atoms with Gasteiger partial charge in [0.1, 0.15) is 0 Å². The van der Waals surface area contributed by atoms with Gasteiger partial charge in [0.2, 0.25) is 0 Å². The minimum atomic E-state index is -0.846. The first-order valence-electron chi connectivity index (χ1n) is 4.69. The minimum absolute atomic E-state index is 0.00735. The van der Waals surface area contributed by atoms with Crippen LogP contribution < -0.4 is 0 Å². The minimum Gasteiger partial charge on any atom is -0.481 e. The van der Waals surface area contributed by atoms with E-state index in [1.54, 1.807) is 16.7 Å². The van der Waals surface area contributed by atoms with E-state index in [-0.39, 0.29) is 6.42 Å². The van der Waals surface area contributed by atoms with Crippen molar-refractivity contribution < 1.29 is 9.90 Å². The quantitative estimate of drug-likeness (QED) is 0.907. The van der Waals surface area contributed by atoms with E-state index in [4.69, 9.17) is 5.11 Å². The third kappa shape index (κ3) is 2.86. The summed E-state index contributed by atoms with van der Waals surface area (Å²) in [6.07, 6.45) is 0.682. The van der Waals surface area contributed by atoms with E-state index >= 15 is 0 Å². The van der Waals surface area contributed by atoms with E-state index in [0.717, 1.165) is 15.7 Å². The zero-order valence-corrected chi connectivity index (χ0v) is 10.3. The average Bonchev–Trinajstić information content (AvgIpc) is 2.76. The number of nitrogens with zero attached hydrogens (tertiary/aromatic N) is 2. The van der Waals surface area contributed by atoms with E-state index in [2.05, 4.69) is 9.97 Å². The summed E-state index contributed by atoms with van der Waals surface area (Å²) >= 11 is 3.10. The molecular formula is C10H10N2O2S2. The number of hydrogen-bond donors (Lipinski definition) is 1. The molecule has 0 fully saturated rings. The van der Waals surface area contributed by atoms with Crippen molar-refractivity contribution in [2.45, 2.75) is 19.8 Å². The van der Waals surface area contributed by atoms with Gasteiger partial charge in [-0.1, -0.05) is 0 Å². The van der Waals surface area contributed by atoms with Crippen LogP contribution in [0.15, 0.2) is 10.8 Å². The number of carboxylic acid groups (broad SMARTS) is 1. The van der Waals surface area contributed by atoms with E-state index in [9.17, 15) is 4.79 Å². The molecule has 0 aliphatic carbocycles. The molecule has 0 unspecified atom stereocenters. The van der Waals surface area contributed by atoms with Gasteiger partial charge >= 0.3 is 5.97 Å². The van der Waals surface area contributed by atoms with Gasteiger partial charge in [0.15, 0.2) is 0 Å². The van der Waals surface area contributed by atoms with Gasteiger partial charge in [-0.25, -0.2) is 9.97 Å². The molecule has 4 nitrogen and oxygen atoms in total. The number of carboxylic acids is 1. The van der Waals surface area contributed by atoms with Gasteiger partial charge in [0.05, 0.1) is 27.8 Å². The fourth-order valence-electron chi connectivity index (χ4n) is 1.31. The Morgan fingerprint density at radius 3 is 2.69 bits per heavy atom. The maximum Gasteiger partial charge on any atom is 0.309 e. The van der Waals surface area contributed by atoms with Crippen molar-refractivity contribution in [3.63, 3.8) is 0 Å². The second kappa shape index (κ2) is 4.71. The first-order chi connectivity index (χ1) is 7.63. The smallest absolute Gasteiger partial charge is 0.309 e. The van der Waals surface area contributed by atoms with E-state index in [0.29, 0.717) is 12.1 Å². The molecule has 0 radical (unpaired) electrons. The van der Waals surface area contributed by atoms with Crippen LogP contribution in [0.25, 0.3) is 0 Å². The van der Waals surface area contributed by atoms with Crippen LogP contribution in [0.4, 0.5) is 0 Å². The Morgan fingerprint density at radius 2 is 2.06 bits per heavy atom. The van der Waals surface area contributed by atoms with E-state index < -0.39 is 5.97 Å². The molecule has 0 aliphatic heterocycles. The van der Waals surface area contributed by atoms with Gasteiger partial charge in [-0.05, 0) is 6.92 Å². The number of carbonyl (C=O) groups is 1. The molecule has 0 saturated carbocycles. The second-order valence-corrected chi connectivity index (χ2v) is 5.34. The Labute approximate surface area is 101 Å². The number of rotatable bonds is 4. The highest BCUT2D eigenvalue weighted by Crippen LogP contribution is 2.16. The monoisotopic (exact) mass is 254 g/mol. The molecule has 2 rings (SSSR count). The van der Waals surface area contributed by atoms with Crippen LogP contribution in [0.2, 0.25) is 0 Å².